The van der Waals surface area contributed by atoms with Crippen molar-refractivity contribution in [1.29, 1.82) is 0 Å². The minimum Gasteiger partial charge on any atom is -0.299 e. The van der Waals surface area contributed by atoms with Gasteiger partial charge in [-0.25, -0.2) is 0 Å². The SMILES string of the molecule is O=C(C[C@@H](c1ccccc1)[C@@H]1CCC[C@H](c2ccccc2)C1=O)c1ccccc1. The molecule has 1 aliphatic rings. The largest absolute Gasteiger partial charge is 0.299 e. The molecule has 0 unspecified atom stereocenters. The van der Waals surface area contributed by atoms with E-state index < -0.39 is 0 Å². The van der Waals surface area contributed by atoms with Gasteiger partial charge in [0.15, 0.2) is 5.78 Å². The van der Waals surface area contributed by atoms with E-state index in [0.29, 0.717) is 6.42 Å². The molecule has 3 aromatic rings. The van der Waals surface area contributed by atoms with Crippen LogP contribution in [0.5, 0.6) is 0 Å². The van der Waals surface area contributed by atoms with E-state index in [1.807, 2.05) is 66.7 Å². The van der Waals surface area contributed by atoms with Gasteiger partial charge in [-0.15, -0.1) is 0 Å². The lowest BCUT2D eigenvalue weighted by atomic mass is 9.68. The van der Waals surface area contributed by atoms with Gasteiger partial charge < -0.3 is 0 Å². The quantitative estimate of drug-likeness (QED) is 0.476. The summed E-state index contributed by atoms with van der Waals surface area (Å²) in [7, 11) is 0. The molecule has 0 amide bonds. The summed E-state index contributed by atoms with van der Waals surface area (Å²) >= 11 is 0. The Morgan fingerprint density at radius 3 is 2.03 bits per heavy atom. The van der Waals surface area contributed by atoms with Gasteiger partial charge in [0.2, 0.25) is 0 Å². The molecule has 3 atom stereocenters. The number of hydrogen-bond acceptors (Lipinski definition) is 2. The van der Waals surface area contributed by atoms with Gasteiger partial charge >= 0.3 is 0 Å². The smallest absolute Gasteiger partial charge is 0.163 e. The van der Waals surface area contributed by atoms with Crippen molar-refractivity contribution in [3.05, 3.63) is 108 Å². The molecule has 0 saturated heterocycles. The average molecular weight is 383 g/mol. The maximum absolute atomic E-state index is 13.5. The number of carbonyl (C=O) groups excluding carboxylic acids is 2. The zero-order chi connectivity index (χ0) is 20.1. The standard InChI is InChI=1S/C27H26O2/c28-26(22-15-8-3-9-16-22)19-25(21-13-6-2-7-14-21)24-18-10-17-23(27(24)29)20-11-4-1-5-12-20/h1-9,11-16,23-25H,10,17-19H2/t23-,24+,25+/m1/s1. The number of Topliss-reactive ketones (excluding diaryl/α,β-unsaturated/α-hetero) is 2. The van der Waals surface area contributed by atoms with E-state index in [1.54, 1.807) is 0 Å². The zero-order valence-electron chi connectivity index (χ0n) is 16.5. The van der Waals surface area contributed by atoms with Crippen molar-refractivity contribution in [1.82, 2.24) is 0 Å². The highest BCUT2D eigenvalue weighted by Gasteiger charge is 2.38. The van der Waals surface area contributed by atoms with Crippen LogP contribution >= 0.6 is 0 Å². The summed E-state index contributed by atoms with van der Waals surface area (Å²) in [4.78, 5) is 26.6. The van der Waals surface area contributed by atoms with Crippen LogP contribution in [-0.4, -0.2) is 11.6 Å². The van der Waals surface area contributed by atoms with E-state index in [2.05, 4.69) is 24.3 Å². The van der Waals surface area contributed by atoms with Gasteiger partial charge in [-0.05, 0) is 24.0 Å². The molecule has 3 aromatic carbocycles. The maximum atomic E-state index is 13.5. The van der Waals surface area contributed by atoms with Gasteiger partial charge in [0.05, 0.1) is 0 Å². The molecule has 2 heteroatoms. The highest BCUT2D eigenvalue weighted by Crippen LogP contribution is 2.42. The minimum atomic E-state index is -0.121. The van der Waals surface area contributed by atoms with E-state index in [0.717, 1.165) is 36.0 Å². The molecular formula is C27H26O2. The Morgan fingerprint density at radius 1 is 0.793 bits per heavy atom. The Morgan fingerprint density at radius 2 is 1.38 bits per heavy atom. The fourth-order valence-corrected chi connectivity index (χ4v) is 4.63. The summed E-state index contributed by atoms with van der Waals surface area (Å²) in [5, 5.41) is 0. The maximum Gasteiger partial charge on any atom is 0.163 e. The van der Waals surface area contributed by atoms with Gasteiger partial charge in [-0.1, -0.05) is 97.4 Å². The van der Waals surface area contributed by atoms with Crippen molar-refractivity contribution in [2.75, 3.05) is 0 Å². The van der Waals surface area contributed by atoms with Gasteiger partial charge in [0.25, 0.3) is 0 Å². The summed E-state index contributed by atoms with van der Waals surface area (Å²) in [6, 6.07) is 29.6. The Hall–Kier alpha value is -3.00. The first-order valence-electron chi connectivity index (χ1n) is 10.5. The molecule has 0 aliphatic heterocycles. The number of hydrogen-bond donors (Lipinski definition) is 0. The Bertz CT molecular complexity index is 948. The second-order valence-corrected chi connectivity index (χ2v) is 7.91. The number of carbonyl (C=O) groups is 2. The molecule has 146 valence electrons. The fraction of sp³-hybridized carbons (Fsp3) is 0.259. The van der Waals surface area contributed by atoms with Gasteiger partial charge in [0.1, 0.15) is 5.78 Å². The number of ketones is 2. The van der Waals surface area contributed by atoms with E-state index in [4.69, 9.17) is 0 Å². The summed E-state index contributed by atoms with van der Waals surface area (Å²) in [6.07, 6.45) is 3.13. The van der Waals surface area contributed by atoms with Crippen LogP contribution in [0.3, 0.4) is 0 Å². The molecule has 2 nitrogen and oxygen atoms in total. The molecule has 0 heterocycles. The summed E-state index contributed by atoms with van der Waals surface area (Å²) in [5.74, 6) is 0.131. The van der Waals surface area contributed by atoms with Crippen LogP contribution in [0, 0.1) is 5.92 Å². The predicted octanol–water partition coefficient (Wildman–Crippen LogP) is 6.20. The highest BCUT2D eigenvalue weighted by atomic mass is 16.1. The highest BCUT2D eigenvalue weighted by molar-refractivity contribution is 5.97. The fourth-order valence-electron chi connectivity index (χ4n) is 4.63. The van der Waals surface area contributed by atoms with E-state index in [1.165, 1.54) is 0 Å². The van der Waals surface area contributed by atoms with Crippen molar-refractivity contribution < 1.29 is 9.59 Å². The third kappa shape index (κ3) is 4.37. The monoisotopic (exact) mass is 382 g/mol. The normalized spacial score (nSPS) is 20.2. The minimum absolute atomic E-state index is 0.0620. The molecule has 29 heavy (non-hydrogen) atoms. The molecule has 1 fully saturated rings. The second kappa shape index (κ2) is 9.00. The van der Waals surface area contributed by atoms with Crippen molar-refractivity contribution in [3.8, 4) is 0 Å². The second-order valence-electron chi connectivity index (χ2n) is 7.91. The Balaban J connectivity index is 1.64. The average Bonchev–Trinajstić information content (AvgIpc) is 2.79. The first-order valence-corrected chi connectivity index (χ1v) is 10.5. The number of rotatable bonds is 6. The van der Waals surface area contributed by atoms with Crippen molar-refractivity contribution in [3.63, 3.8) is 0 Å². The molecule has 0 spiro atoms. The van der Waals surface area contributed by atoms with Crippen LogP contribution in [0.4, 0.5) is 0 Å². The first kappa shape index (κ1) is 19.3. The first-order chi connectivity index (χ1) is 14.2. The zero-order valence-corrected chi connectivity index (χ0v) is 16.5. The number of benzene rings is 3. The van der Waals surface area contributed by atoms with Gasteiger partial charge in [0, 0.05) is 29.7 Å². The topological polar surface area (TPSA) is 34.1 Å². The lowest BCUT2D eigenvalue weighted by Crippen LogP contribution is -2.32. The molecule has 1 saturated carbocycles. The van der Waals surface area contributed by atoms with Crippen LogP contribution < -0.4 is 0 Å². The van der Waals surface area contributed by atoms with Crippen LogP contribution in [0.15, 0.2) is 91.0 Å². The van der Waals surface area contributed by atoms with Gasteiger partial charge in [-0.2, -0.15) is 0 Å². The molecular weight excluding hydrogens is 356 g/mol. The van der Waals surface area contributed by atoms with Crippen LogP contribution in [0.1, 0.15) is 59.0 Å². The molecule has 0 radical (unpaired) electrons. The Kier molecular flexibility index (Phi) is 6.00. The lowest BCUT2D eigenvalue weighted by molar-refractivity contribution is -0.127. The van der Waals surface area contributed by atoms with Crippen molar-refractivity contribution in [2.45, 2.75) is 37.5 Å². The third-order valence-corrected chi connectivity index (χ3v) is 6.13. The van der Waals surface area contributed by atoms with E-state index in [9.17, 15) is 9.59 Å². The summed E-state index contributed by atoms with van der Waals surface area (Å²) < 4.78 is 0. The van der Waals surface area contributed by atoms with Crippen molar-refractivity contribution >= 4 is 11.6 Å². The summed E-state index contributed by atoms with van der Waals surface area (Å²) in [5.41, 5.74) is 2.91. The molecule has 0 aromatic heterocycles. The van der Waals surface area contributed by atoms with Crippen LogP contribution in [0.2, 0.25) is 0 Å². The molecule has 0 bridgehead atoms. The lowest BCUT2D eigenvalue weighted by Gasteiger charge is -2.33. The Labute approximate surface area is 172 Å². The summed E-state index contributed by atoms with van der Waals surface area (Å²) in [6.45, 7) is 0. The third-order valence-electron chi connectivity index (χ3n) is 6.13. The molecule has 1 aliphatic carbocycles. The predicted molar refractivity (Wildman–Crippen MR) is 116 cm³/mol. The van der Waals surface area contributed by atoms with Crippen LogP contribution in [0.25, 0.3) is 0 Å². The van der Waals surface area contributed by atoms with E-state index in [-0.39, 0.29) is 29.3 Å². The van der Waals surface area contributed by atoms with E-state index >= 15 is 0 Å². The molecule has 4 rings (SSSR count). The molecule has 0 N–H and O–H groups in total. The van der Waals surface area contributed by atoms with Crippen molar-refractivity contribution in [2.24, 2.45) is 5.92 Å². The van der Waals surface area contributed by atoms with Crippen LogP contribution in [-0.2, 0) is 4.79 Å². The van der Waals surface area contributed by atoms with Gasteiger partial charge in [-0.3, -0.25) is 9.59 Å².